The van der Waals surface area contributed by atoms with E-state index in [-0.39, 0.29) is 5.15 Å². The molecule has 2 aromatic heterocycles. The number of imidazole rings is 1. The maximum absolute atomic E-state index is 12.9. The van der Waals surface area contributed by atoms with Gasteiger partial charge in [0, 0.05) is 5.75 Å². The van der Waals surface area contributed by atoms with Crippen molar-refractivity contribution in [2.24, 2.45) is 0 Å². The molecule has 0 amide bonds. The second kappa shape index (κ2) is 9.21. The summed E-state index contributed by atoms with van der Waals surface area (Å²) in [6.45, 7) is 0. The van der Waals surface area contributed by atoms with Crippen molar-refractivity contribution in [3.05, 3.63) is 89.6 Å². The summed E-state index contributed by atoms with van der Waals surface area (Å²) in [5, 5.41) is -0.200. The Hall–Kier alpha value is -3.43. The number of carbonyl (C=O) groups is 2. The Morgan fingerprint density at radius 3 is 2.21 bits per heavy atom. The van der Waals surface area contributed by atoms with E-state index in [1.165, 1.54) is 18.1 Å². The highest BCUT2D eigenvalue weighted by Crippen LogP contribution is 2.42. The van der Waals surface area contributed by atoms with Gasteiger partial charge in [0.15, 0.2) is 23.0 Å². The van der Waals surface area contributed by atoms with E-state index in [1.54, 1.807) is 59.4 Å². The van der Waals surface area contributed by atoms with Gasteiger partial charge in [0.2, 0.25) is 0 Å². The Bertz CT molecular complexity index is 1300. The number of thioether (sulfide) groups is 1. The normalized spacial score (nSPS) is 20.0. The van der Waals surface area contributed by atoms with Gasteiger partial charge in [-0.1, -0.05) is 48.0 Å². The Morgan fingerprint density at radius 2 is 1.55 bits per heavy atom. The lowest BCUT2D eigenvalue weighted by Crippen LogP contribution is -2.36. The number of ether oxygens (including phenoxy) is 2. The zero-order valence-electron chi connectivity index (χ0n) is 17.1. The number of aromatic nitrogens is 4. The number of hydrogen-bond donors (Lipinski definition) is 0. The molecule has 1 aliphatic heterocycles. The van der Waals surface area contributed by atoms with E-state index >= 15 is 0 Å². The first kappa shape index (κ1) is 21.4. The van der Waals surface area contributed by atoms with E-state index < -0.39 is 29.5 Å². The average Bonchev–Trinajstić information content (AvgIpc) is 3.45. The Labute approximate surface area is 197 Å². The molecule has 0 bridgehead atoms. The van der Waals surface area contributed by atoms with Crippen molar-refractivity contribution in [2.45, 2.75) is 17.6 Å². The van der Waals surface area contributed by atoms with Crippen LogP contribution in [0.2, 0.25) is 5.15 Å². The quantitative estimate of drug-likeness (QED) is 0.310. The molecule has 166 valence electrons. The van der Waals surface area contributed by atoms with E-state index in [1.807, 2.05) is 12.1 Å². The summed E-state index contributed by atoms with van der Waals surface area (Å²) < 4.78 is 13.5. The van der Waals surface area contributed by atoms with Gasteiger partial charge in [-0.2, -0.15) is 0 Å². The molecule has 4 aromatic rings. The molecule has 0 N–H and O–H groups in total. The van der Waals surface area contributed by atoms with Crippen LogP contribution in [-0.2, 0) is 9.47 Å². The fourth-order valence-corrected chi connectivity index (χ4v) is 5.15. The fraction of sp³-hybridized carbons (Fsp3) is 0.174. The molecule has 1 fully saturated rings. The van der Waals surface area contributed by atoms with Gasteiger partial charge >= 0.3 is 11.9 Å². The second-order valence-corrected chi connectivity index (χ2v) is 8.77. The van der Waals surface area contributed by atoms with Gasteiger partial charge in [-0.15, -0.1) is 11.8 Å². The summed E-state index contributed by atoms with van der Waals surface area (Å²) in [5.74, 6) is -0.566. The summed E-state index contributed by atoms with van der Waals surface area (Å²) >= 11 is 7.63. The molecule has 10 heteroatoms. The molecular formula is C23H17ClN4O4S. The van der Waals surface area contributed by atoms with E-state index in [4.69, 9.17) is 21.1 Å². The van der Waals surface area contributed by atoms with Crippen molar-refractivity contribution in [2.75, 3.05) is 5.75 Å². The van der Waals surface area contributed by atoms with E-state index in [2.05, 4.69) is 15.0 Å². The third-order valence-electron chi connectivity index (χ3n) is 5.19. The van der Waals surface area contributed by atoms with Gasteiger partial charge in [-0.3, -0.25) is 4.57 Å². The van der Waals surface area contributed by atoms with E-state index in [9.17, 15) is 9.59 Å². The van der Waals surface area contributed by atoms with Gasteiger partial charge in [-0.05, 0) is 24.3 Å². The standard InChI is InChI=1S/C23H17ClN4O4S/c24-19-17-20(26-12-25-19)28(13-27-17)21-18(32-23(30)15-9-5-2-6-10-15)16(11-33-21)31-22(29)14-7-3-1-4-8-14/h1-10,12-13,16,18,21H,11H2/t16-,18-,21-/m0/s1. The molecule has 5 rings (SSSR count). The molecule has 2 aromatic carbocycles. The smallest absolute Gasteiger partial charge is 0.338 e. The second-order valence-electron chi connectivity index (χ2n) is 7.26. The van der Waals surface area contributed by atoms with Gasteiger partial charge in [-0.25, -0.2) is 24.5 Å². The van der Waals surface area contributed by atoms with Crippen LogP contribution in [0.1, 0.15) is 26.1 Å². The van der Waals surface area contributed by atoms with Crippen molar-refractivity contribution in [3.8, 4) is 0 Å². The van der Waals surface area contributed by atoms with Gasteiger partial charge in [0.25, 0.3) is 0 Å². The Morgan fingerprint density at radius 1 is 0.909 bits per heavy atom. The van der Waals surface area contributed by atoms with Crippen molar-refractivity contribution in [3.63, 3.8) is 0 Å². The molecule has 0 saturated carbocycles. The lowest BCUT2D eigenvalue weighted by molar-refractivity contribution is -0.0295. The van der Waals surface area contributed by atoms with Crippen LogP contribution in [0, 0.1) is 0 Å². The maximum Gasteiger partial charge on any atom is 0.338 e. The van der Waals surface area contributed by atoms with Crippen molar-refractivity contribution < 1.29 is 19.1 Å². The topological polar surface area (TPSA) is 96.2 Å². The minimum absolute atomic E-state index is 0.228. The van der Waals surface area contributed by atoms with Gasteiger partial charge < -0.3 is 9.47 Å². The molecular weight excluding hydrogens is 464 g/mol. The van der Waals surface area contributed by atoms with Crippen LogP contribution in [-0.4, -0.2) is 49.4 Å². The van der Waals surface area contributed by atoms with Crippen LogP contribution in [0.3, 0.4) is 0 Å². The molecule has 1 aliphatic rings. The molecule has 0 radical (unpaired) electrons. The molecule has 0 spiro atoms. The van der Waals surface area contributed by atoms with Crippen LogP contribution < -0.4 is 0 Å². The molecule has 33 heavy (non-hydrogen) atoms. The number of fused-ring (bicyclic) bond motifs is 1. The molecule has 0 unspecified atom stereocenters. The Balaban J connectivity index is 1.46. The van der Waals surface area contributed by atoms with Crippen molar-refractivity contribution >= 4 is 46.5 Å². The molecule has 0 aliphatic carbocycles. The summed E-state index contributed by atoms with van der Waals surface area (Å²) in [4.78, 5) is 38.2. The monoisotopic (exact) mass is 480 g/mol. The van der Waals surface area contributed by atoms with Crippen LogP contribution in [0.25, 0.3) is 11.2 Å². The van der Waals surface area contributed by atoms with Crippen LogP contribution in [0.5, 0.6) is 0 Å². The zero-order chi connectivity index (χ0) is 22.8. The minimum Gasteiger partial charge on any atom is -0.454 e. The minimum atomic E-state index is -0.776. The highest BCUT2D eigenvalue weighted by Gasteiger charge is 2.44. The highest BCUT2D eigenvalue weighted by atomic mass is 35.5. The predicted molar refractivity (Wildman–Crippen MR) is 123 cm³/mol. The number of nitrogens with zero attached hydrogens (tertiary/aromatic N) is 4. The van der Waals surface area contributed by atoms with Crippen molar-refractivity contribution in [1.29, 1.82) is 0 Å². The first-order valence-electron chi connectivity index (χ1n) is 10.1. The molecule has 3 atom stereocenters. The van der Waals surface area contributed by atoms with Crippen LogP contribution in [0.15, 0.2) is 73.3 Å². The maximum atomic E-state index is 12.9. The average molecular weight is 481 g/mol. The lowest BCUT2D eigenvalue weighted by atomic mass is 10.2. The number of halogens is 1. The third kappa shape index (κ3) is 4.29. The summed E-state index contributed by atoms with van der Waals surface area (Å²) in [6, 6.07) is 17.4. The largest absolute Gasteiger partial charge is 0.454 e. The number of carbonyl (C=O) groups excluding carboxylic acids is 2. The van der Waals surface area contributed by atoms with Gasteiger partial charge in [0.1, 0.15) is 17.2 Å². The highest BCUT2D eigenvalue weighted by molar-refractivity contribution is 7.99. The lowest BCUT2D eigenvalue weighted by Gasteiger charge is -2.25. The molecule has 8 nitrogen and oxygen atoms in total. The first-order valence-corrected chi connectivity index (χ1v) is 11.5. The van der Waals surface area contributed by atoms with Crippen LogP contribution in [0.4, 0.5) is 0 Å². The number of benzene rings is 2. The molecule has 3 heterocycles. The SMILES string of the molecule is O=C(O[C@H]1[C@@H](OC(=O)c2ccccc2)CS[C@@H]1n1cnc2c(Cl)ncnc21)c1ccccc1. The fourth-order valence-electron chi connectivity index (χ4n) is 3.60. The van der Waals surface area contributed by atoms with Crippen molar-refractivity contribution in [1.82, 2.24) is 19.5 Å². The number of rotatable bonds is 5. The molecule has 1 saturated heterocycles. The summed E-state index contributed by atoms with van der Waals surface area (Å²) in [7, 11) is 0. The van der Waals surface area contributed by atoms with Crippen LogP contribution >= 0.6 is 23.4 Å². The number of esters is 2. The summed E-state index contributed by atoms with van der Waals surface area (Å²) in [6.07, 6.45) is 1.48. The van der Waals surface area contributed by atoms with E-state index in [0.717, 1.165) is 0 Å². The van der Waals surface area contributed by atoms with Gasteiger partial charge in [0.05, 0.1) is 17.5 Å². The third-order valence-corrected chi connectivity index (χ3v) is 6.82. The summed E-state index contributed by atoms with van der Waals surface area (Å²) in [5.41, 5.74) is 1.77. The zero-order valence-corrected chi connectivity index (χ0v) is 18.6. The first-order chi connectivity index (χ1) is 16.1. The predicted octanol–water partition coefficient (Wildman–Crippen LogP) is 4.18. The number of hydrogen-bond acceptors (Lipinski definition) is 8. The Kier molecular flexibility index (Phi) is 5.97. The van der Waals surface area contributed by atoms with E-state index in [0.29, 0.717) is 28.0 Å².